The monoisotopic (exact) mass is 673 g/mol. The molecule has 0 saturated carbocycles. The average molecular weight is 675 g/mol. The van der Waals surface area contributed by atoms with Crippen LogP contribution in [0, 0.1) is 0 Å². The predicted molar refractivity (Wildman–Crippen MR) is 154 cm³/mol. The molecule has 216 valence electrons. The highest BCUT2D eigenvalue weighted by atomic mass is 79.9. The molecule has 3 aliphatic heterocycles. The van der Waals surface area contributed by atoms with Crippen LogP contribution in [0.2, 0.25) is 0 Å². The zero-order chi connectivity index (χ0) is 30.8. The standard InChI is InChI=1S/C8H10BrNO2.C7H8BrNO2.C7H9NO2.C5H10O/c1-4(2)10-7(11)5(3)6(9)8(10)12;1-4(2)9-6(10)3-5(8)7(9)11;1-5(2)8-6(9)3-4-7(8)10;1-3-5(6)4-2/h4H,1-3H3;3-4H,1-2H3;3-5H,1-2H3;3-4H2,1-2H3. The normalized spacial score (nSPS) is 16.7. The number of nitrogens with zero attached hydrogens (tertiary/aromatic N) is 3. The van der Waals surface area contributed by atoms with E-state index in [0.717, 1.165) is 0 Å². The molecule has 0 N–H and O–H groups in total. The molecule has 0 aromatic rings. The largest absolute Gasteiger partial charge is 0.300 e. The third-order valence-corrected chi connectivity index (χ3v) is 6.87. The van der Waals surface area contributed by atoms with Gasteiger partial charge in [0.25, 0.3) is 35.4 Å². The Morgan fingerprint density at radius 3 is 1.23 bits per heavy atom. The van der Waals surface area contributed by atoms with Crippen LogP contribution in [0.15, 0.2) is 32.8 Å². The van der Waals surface area contributed by atoms with Crippen LogP contribution in [0.4, 0.5) is 0 Å². The Kier molecular flexibility index (Phi) is 15.2. The van der Waals surface area contributed by atoms with Crippen LogP contribution in [0.1, 0.15) is 75.2 Å². The van der Waals surface area contributed by atoms with Crippen molar-refractivity contribution in [3.05, 3.63) is 32.8 Å². The molecule has 39 heavy (non-hydrogen) atoms. The molecular weight excluding hydrogens is 638 g/mol. The van der Waals surface area contributed by atoms with E-state index in [1.165, 1.54) is 32.9 Å². The zero-order valence-electron chi connectivity index (χ0n) is 23.8. The second kappa shape index (κ2) is 16.4. The quantitative estimate of drug-likeness (QED) is 0.400. The van der Waals surface area contributed by atoms with E-state index < -0.39 is 0 Å². The molecule has 12 heteroatoms. The second-order valence-corrected chi connectivity index (χ2v) is 11.0. The number of hydrogen-bond acceptors (Lipinski definition) is 7. The molecule has 0 saturated heterocycles. The van der Waals surface area contributed by atoms with E-state index >= 15 is 0 Å². The predicted octanol–water partition coefficient (Wildman–Crippen LogP) is 4.17. The van der Waals surface area contributed by atoms with Crippen molar-refractivity contribution in [1.82, 2.24) is 14.7 Å². The molecular formula is C27H37Br2N3O7. The molecule has 0 aliphatic carbocycles. The number of carbonyl (C=O) groups excluding carboxylic acids is 7. The van der Waals surface area contributed by atoms with E-state index in [9.17, 15) is 33.6 Å². The van der Waals surface area contributed by atoms with Gasteiger partial charge in [0.05, 0.1) is 8.96 Å². The summed E-state index contributed by atoms with van der Waals surface area (Å²) in [5.74, 6) is -0.980. The van der Waals surface area contributed by atoms with E-state index in [1.807, 2.05) is 41.5 Å². The van der Waals surface area contributed by atoms with Crippen molar-refractivity contribution in [1.29, 1.82) is 0 Å². The minimum absolute atomic E-state index is 0.0324. The number of halogens is 2. The van der Waals surface area contributed by atoms with Gasteiger partial charge in [-0.2, -0.15) is 0 Å². The molecule has 3 heterocycles. The molecule has 0 aromatic carbocycles. The Morgan fingerprint density at radius 1 is 0.667 bits per heavy atom. The molecule has 0 unspecified atom stereocenters. The fourth-order valence-electron chi connectivity index (χ4n) is 3.22. The first kappa shape index (κ1) is 36.3. The molecule has 0 spiro atoms. The Hall–Kier alpha value is -2.73. The molecule has 0 fully saturated rings. The minimum atomic E-state index is -0.245. The van der Waals surface area contributed by atoms with Crippen molar-refractivity contribution in [3.8, 4) is 0 Å². The Labute approximate surface area is 246 Å². The summed E-state index contributed by atoms with van der Waals surface area (Å²) in [7, 11) is 0. The maximum Gasteiger partial charge on any atom is 0.268 e. The molecule has 0 bridgehead atoms. The van der Waals surface area contributed by atoms with E-state index in [2.05, 4.69) is 31.9 Å². The lowest BCUT2D eigenvalue weighted by molar-refractivity contribution is -0.140. The first-order valence-electron chi connectivity index (χ1n) is 12.5. The number of Topliss-reactive ketones (excluding diaryl/α,β-unsaturated/α-hetero) is 1. The number of imide groups is 3. The van der Waals surface area contributed by atoms with Gasteiger partial charge in [-0.25, -0.2) is 0 Å². The van der Waals surface area contributed by atoms with Gasteiger partial charge in [0, 0.05) is 54.8 Å². The topological polar surface area (TPSA) is 129 Å². The van der Waals surface area contributed by atoms with E-state index in [0.29, 0.717) is 33.2 Å². The number of rotatable bonds is 5. The average Bonchev–Trinajstić information content (AvgIpc) is 3.40. The molecule has 6 amide bonds. The van der Waals surface area contributed by atoms with Crippen LogP contribution in [0.3, 0.4) is 0 Å². The summed E-state index contributed by atoms with van der Waals surface area (Å²) in [5, 5.41) is 0. The van der Waals surface area contributed by atoms with Crippen LogP contribution in [-0.2, 0) is 33.6 Å². The van der Waals surface area contributed by atoms with Gasteiger partial charge >= 0.3 is 0 Å². The summed E-state index contributed by atoms with van der Waals surface area (Å²) in [6.07, 6.45) is 5.26. The van der Waals surface area contributed by atoms with Gasteiger partial charge < -0.3 is 0 Å². The Balaban J connectivity index is 0.000000507. The number of ketones is 1. The van der Waals surface area contributed by atoms with Gasteiger partial charge in [-0.15, -0.1) is 0 Å². The highest BCUT2D eigenvalue weighted by Crippen LogP contribution is 2.26. The highest BCUT2D eigenvalue weighted by molar-refractivity contribution is 9.12. The third kappa shape index (κ3) is 10.1. The lowest BCUT2D eigenvalue weighted by atomic mass is 10.3. The van der Waals surface area contributed by atoms with Crippen molar-refractivity contribution in [2.45, 2.75) is 93.3 Å². The van der Waals surface area contributed by atoms with Crippen LogP contribution < -0.4 is 0 Å². The summed E-state index contributed by atoms with van der Waals surface area (Å²) in [6, 6.07) is -0.175. The highest BCUT2D eigenvalue weighted by Gasteiger charge is 2.36. The molecule has 0 radical (unpaired) electrons. The van der Waals surface area contributed by atoms with Gasteiger partial charge in [0.2, 0.25) is 0 Å². The molecule has 0 atom stereocenters. The smallest absolute Gasteiger partial charge is 0.268 e. The van der Waals surface area contributed by atoms with Crippen molar-refractivity contribution < 1.29 is 33.6 Å². The maximum absolute atomic E-state index is 11.4. The van der Waals surface area contributed by atoms with E-state index in [4.69, 9.17) is 0 Å². The first-order valence-corrected chi connectivity index (χ1v) is 14.1. The van der Waals surface area contributed by atoms with Crippen LogP contribution >= 0.6 is 31.9 Å². The summed E-state index contributed by atoms with van der Waals surface area (Å²) in [5.41, 5.74) is 0.494. The summed E-state index contributed by atoms with van der Waals surface area (Å²) in [6.45, 7) is 16.3. The number of hydrogen-bond donors (Lipinski definition) is 0. The summed E-state index contributed by atoms with van der Waals surface area (Å²) in [4.78, 5) is 80.5. The molecule has 3 rings (SSSR count). The maximum atomic E-state index is 11.4. The Bertz CT molecular complexity index is 1060. The fraction of sp³-hybridized carbons (Fsp3) is 0.519. The SMILES string of the molecule is CC(C)N1C(=O)C=C(Br)C1=O.CC(C)N1C(=O)C=CC1=O.CC1=C(Br)C(=O)N(C(C)C)C1=O.CCC(=O)CC. The van der Waals surface area contributed by atoms with E-state index in [1.54, 1.807) is 20.8 Å². The summed E-state index contributed by atoms with van der Waals surface area (Å²) < 4.78 is 0.734. The second-order valence-electron chi connectivity index (χ2n) is 9.33. The summed E-state index contributed by atoms with van der Waals surface area (Å²) >= 11 is 6.09. The van der Waals surface area contributed by atoms with E-state index in [-0.39, 0.29) is 53.6 Å². The van der Waals surface area contributed by atoms with Gasteiger partial charge in [0.15, 0.2) is 0 Å². The van der Waals surface area contributed by atoms with Crippen molar-refractivity contribution in [2.24, 2.45) is 0 Å². The zero-order valence-corrected chi connectivity index (χ0v) is 27.0. The molecule has 3 aliphatic rings. The fourth-order valence-corrected chi connectivity index (χ4v) is 3.96. The van der Waals surface area contributed by atoms with Gasteiger partial charge in [-0.05, 0) is 80.3 Å². The molecule has 0 aromatic heterocycles. The van der Waals surface area contributed by atoms with Crippen LogP contribution in [0.25, 0.3) is 0 Å². The van der Waals surface area contributed by atoms with Crippen LogP contribution in [-0.4, -0.2) is 74.1 Å². The van der Waals surface area contributed by atoms with Crippen molar-refractivity contribution in [2.75, 3.05) is 0 Å². The lowest BCUT2D eigenvalue weighted by Crippen LogP contribution is -2.37. The van der Waals surface area contributed by atoms with Gasteiger partial charge in [-0.3, -0.25) is 48.3 Å². The van der Waals surface area contributed by atoms with Crippen molar-refractivity contribution in [3.63, 3.8) is 0 Å². The van der Waals surface area contributed by atoms with Gasteiger partial charge in [0.1, 0.15) is 5.78 Å². The van der Waals surface area contributed by atoms with Crippen molar-refractivity contribution >= 4 is 73.1 Å². The lowest BCUT2D eigenvalue weighted by Gasteiger charge is -2.18. The first-order chi connectivity index (χ1) is 17.9. The number of amides is 6. The van der Waals surface area contributed by atoms with Gasteiger partial charge in [-0.1, -0.05) is 13.8 Å². The Morgan fingerprint density at radius 2 is 1.08 bits per heavy atom. The minimum Gasteiger partial charge on any atom is -0.300 e. The van der Waals surface area contributed by atoms with Crippen LogP contribution in [0.5, 0.6) is 0 Å². The number of carbonyl (C=O) groups is 7. The molecule has 10 nitrogen and oxygen atoms in total. The third-order valence-electron chi connectivity index (χ3n) is 5.37.